The van der Waals surface area contributed by atoms with Crippen LogP contribution in [-0.4, -0.2) is 46.1 Å². The zero-order valence-corrected chi connectivity index (χ0v) is 13.8. The number of rotatable bonds is 3. The van der Waals surface area contributed by atoms with Crippen molar-refractivity contribution in [2.45, 2.75) is 0 Å². The summed E-state index contributed by atoms with van der Waals surface area (Å²) in [6.07, 6.45) is 0. The fourth-order valence-electron chi connectivity index (χ4n) is 3.02. The number of phenols is 1. The maximum atomic E-state index is 9.97. The highest BCUT2D eigenvalue weighted by Gasteiger charge is 2.14. The van der Waals surface area contributed by atoms with E-state index in [0.717, 1.165) is 31.9 Å². The van der Waals surface area contributed by atoms with E-state index in [1.165, 1.54) is 5.69 Å². The largest absolute Gasteiger partial charge is 0.507 e. The molecule has 1 fully saturated rings. The second-order valence-electron chi connectivity index (χ2n) is 5.98. The van der Waals surface area contributed by atoms with Gasteiger partial charge in [-0.1, -0.05) is 12.1 Å². The number of piperazine rings is 1. The molecule has 7 heteroatoms. The molecule has 0 amide bonds. The van der Waals surface area contributed by atoms with Crippen LogP contribution in [0.4, 0.5) is 11.6 Å². The molecule has 0 saturated carbocycles. The molecule has 1 aromatic heterocycles. The molecule has 3 aromatic rings. The minimum atomic E-state index is 0.133. The molecule has 0 atom stereocenters. The van der Waals surface area contributed by atoms with Crippen molar-refractivity contribution < 1.29 is 5.11 Å². The molecule has 0 aliphatic carbocycles. The fourth-order valence-corrected chi connectivity index (χ4v) is 3.02. The summed E-state index contributed by atoms with van der Waals surface area (Å²) in [5, 5.41) is 17.8. The van der Waals surface area contributed by atoms with Gasteiger partial charge in [0.15, 0.2) is 5.82 Å². The lowest BCUT2D eigenvalue weighted by Gasteiger charge is -2.29. The number of phenolic OH excluding ortho intramolecular Hbond substituents is 1. The van der Waals surface area contributed by atoms with E-state index in [4.69, 9.17) is 5.73 Å². The van der Waals surface area contributed by atoms with Gasteiger partial charge in [-0.05, 0) is 36.4 Å². The van der Waals surface area contributed by atoms with Gasteiger partial charge in [-0.25, -0.2) is 0 Å². The van der Waals surface area contributed by atoms with Crippen molar-refractivity contribution in [2.75, 3.05) is 36.8 Å². The fraction of sp³-hybridized carbons (Fsp3) is 0.222. The van der Waals surface area contributed by atoms with Crippen molar-refractivity contribution >= 4 is 11.6 Å². The summed E-state index contributed by atoms with van der Waals surface area (Å²) in [5.41, 5.74) is 8.61. The molecule has 0 bridgehead atoms. The van der Waals surface area contributed by atoms with Gasteiger partial charge in [0.05, 0.1) is 11.3 Å². The normalized spacial score (nSPS) is 14.6. The number of hydrogen-bond donors (Lipinski definition) is 3. The number of nitrogens with one attached hydrogen (secondary N) is 1. The van der Waals surface area contributed by atoms with Gasteiger partial charge in [-0.15, -0.1) is 5.10 Å². The van der Waals surface area contributed by atoms with E-state index in [1.54, 1.807) is 22.9 Å². The molecule has 1 aliphatic rings. The molecule has 4 rings (SSSR count). The van der Waals surface area contributed by atoms with Gasteiger partial charge in [0, 0.05) is 31.9 Å². The summed E-state index contributed by atoms with van der Waals surface area (Å²) < 4.78 is 1.59. The smallest absolute Gasteiger partial charge is 0.223 e. The van der Waals surface area contributed by atoms with Gasteiger partial charge in [-0.3, -0.25) is 0 Å². The highest BCUT2D eigenvalue weighted by Crippen LogP contribution is 2.27. The highest BCUT2D eigenvalue weighted by atomic mass is 16.3. The molecule has 0 unspecified atom stereocenters. The van der Waals surface area contributed by atoms with Crippen LogP contribution in [0.25, 0.3) is 17.1 Å². The Hall–Kier alpha value is -3.06. The average molecular weight is 336 g/mol. The van der Waals surface area contributed by atoms with Crippen molar-refractivity contribution in [1.82, 2.24) is 20.1 Å². The lowest BCUT2D eigenvalue weighted by atomic mass is 10.2. The zero-order chi connectivity index (χ0) is 17.2. The Kier molecular flexibility index (Phi) is 3.99. The number of para-hydroxylation sites is 1. The quantitative estimate of drug-likeness (QED) is 0.673. The molecular formula is C18H20N6O. The second-order valence-corrected chi connectivity index (χ2v) is 5.98. The highest BCUT2D eigenvalue weighted by molar-refractivity contribution is 5.64. The van der Waals surface area contributed by atoms with Crippen LogP contribution in [0.5, 0.6) is 5.75 Å². The van der Waals surface area contributed by atoms with Crippen molar-refractivity contribution in [3.63, 3.8) is 0 Å². The second kappa shape index (κ2) is 6.45. The first kappa shape index (κ1) is 15.5. The molecule has 2 heterocycles. The number of aromatic nitrogens is 3. The van der Waals surface area contributed by atoms with Crippen LogP contribution in [0.1, 0.15) is 0 Å². The lowest BCUT2D eigenvalue weighted by molar-refractivity contribution is 0.477. The Balaban J connectivity index is 1.63. The number of hydrogen-bond acceptors (Lipinski definition) is 6. The Morgan fingerprint density at radius 3 is 2.36 bits per heavy atom. The number of nitrogens with two attached hydrogens (primary N) is 1. The van der Waals surface area contributed by atoms with Crippen LogP contribution in [0, 0.1) is 0 Å². The van der Waals surface area contributed by atoms with E-state index in [9.17, 15) is 5.11 Å². The first-order valence-corrected chi connectivity index (χ1v) is 8.29. The number of nitrogen functional groups attached to an aromatic ring is 1. The van der Waals surface area contributed by atoms with Crippen LogP contribution in [0.15, 0.2) is 48.5 Å². The van der Waals surface area contributed by atoms with Gasteiger partial charge in [-0.2, -0.15) is 9.67 Å². The molecule has 0 radical (unpaired) electrons. The standard InChI is InChI=1S/C18H20N6O/c19-18-21-17(15-3-1-2-4-16(15)25)22-24(18)14-7-5-13(6-8-14)23-11-9-20-10-12-23/h1-8,20,25H,9-12H2,(H2,19,21,22). The summed E-state index contributed by atoms with van der Waals surface area (Å²) in [7, 11) is 0. The monoisotopic (exact) mass is 336 g/mol. The lowest BCUT2D eigenvalue weighted by Crippen LogP contribution is -2.43. The number of benzene rings is 2. The predicted octanol–water partition coefficient (Wildman–Crippen LogP) is 1.63. The number of anilines is 2. The topological polar surface area (TPSA) is 92.2 Å². The molecular weight excluding hydrogens is 316 g/mol. The zero-order valence-electron chi connectivity index (χ0n) is 13.8. The molecule has 1 aliphatic heterocycles. The summed E-state index contributed by atoms with van der Waals surface area (Å²) in [6.45, 7) is 4.01. The van der Waals surface area contributed by atoms with Crippen molar-refractivity contribution in [1.29, 1.82) is 0 Å². The van der Waals surface area contributed by atoms with E-state index in [2.05, 4.69) is 32.4 Å². The van der Waals surface area contributed by atoms with Crippen LogP contribution in [0.3, 0.4) is 0 Å². The minimum absolute atomic E-state index is 0.133. The molecule has 7 nitrogen and oxygen atoms in total. The molecule has 25 heavy (non-hydrogen) atoms. The Morgan fingerprint density at radius 1 is 0.960 bits per heavy atom. The summed E-state index contributed by atoms with van der Waals surface area (Å²) in [6, 6.07) is 15.1. The molecule has 0 spiro atoms. The average Bonchev–Trinajstić information content (AvgIpc) is 3.04. The van der Waals surface area contributed by atoms with Crippen LogP contribution in [-0.2, 0) is 0 Å². The van der Waals surface area contributed by atoms with Gasteiger partial charge in [0.2, 0.25) is 5.95 Å². The maximum Gasteiger partial charge on any atom is 0.223 e. The van der Waals surface area contributed by atoms with Gasteiger partial charge < -0.3 is 21.1 Å². The molecule has 2 aromatic carbocycles. The maximum absolute atomic E-state index is 9.97. The molecule has 1 saturated heterocycles. The van der Waals surface area contributed by atoms with Crippen LogP contribution >= 0.6 is 0 Å². The van der Waals surface area contributed by atoms with Crippen molar-refractivity contribution in [3.05, 3.63) is 48.5 Å². The Labute approximate surface area is 145 Å². The Bertz CT molecular complexity index is 868. The van der Waals surface area contributed by atoms with E-state index in [1.807, 2.05) is 18.2 Å². The SMILES string of the molecule is Nc1nc(-c2ccccc2O)nn1-c1ccc(N2CCNCC2)cc1. The Morgan fingerprint density at radius 2 is 1.64 bits per heavy atom. The van der Waals surface area contributed by atoms with Gasteiger partial charge >= 0.3 is 0 Å². The predicted molar refractivity (Wildman–Crippen MR) is 98.0 cm³/mol. The molecule has 128 valence electrons. The van der Waals surface area contributed by atoms with Gasteiger partial charge in [0.25, 0.3) is 0 Å². The van der Waals surface area contributed by atoms with Crippen molar-refractivity contribution in [2.24, 2.45) is 0 Å². The van der Waals surface area contributed by atoms with Crippen molar-refractivity contribution in [3.8, 4) is 22.8 Å². The first-order valence-electron chi connectivity index (χ1n) is 8.29. The van der Waals surface area contributed by atoms with E-state index in [-0.39, 0.29) is 11.7 Å². The first-order chi connectivity index (χ1) is 12.2. The number of aromatic hydroxyl groups is 1. The van der Waals surface area contributed by atoms with E-state index >= 15 is 0 Å². The summed E-state index contributed by atoms with van der Waals surface area (Å²) in [5.74, 6) is 0.823. The van der Waals surface area contributed by atoms with Gasteiger partial charge in [0.1, 0.15) is 5.75 Å². The van der Waals surface area contributed by atoms with Crippen LogP contribution < -0.4 is 16.0 Å². The minimum Gasteiger partial charge on any atom is -0.507 e. The summed E-state index contributed by atoms with van der Waals surface area (Å²) in [4.78, 5) is 6.63. The molecule has 4 N–H and O–H groups in total. The van der Waals surface area contributed by atoms with E-state index < -0.39 is 0 Å². The summed E-state index contributed by atoms with van der Waals surface area (Å²) >= 11 is 0. The third-order valence-electron chi connectivity index (χ3n) is 4.35. The number of nitrogens with zero attached hydrogens (tertiary/aromatic N) is 4. The third kappa shape index (κ3) is 3.01. The van der Waals surface area contributed by atoms with E-state index in [0.29, 0.717) is 11.4 Å². The third-order valence-corrected chi connectivity index (χ3v) is 4.35. The van der Waals surface area contributed by atoms with Crippen LogP contribution in [0.2, 0.25) is 0 Å².